The van der Waals surface area contributed by atoms with Gasteiger partial charge in [0, 0.05) is 0 Å². The standard InChI is InChI=1S/C12H25NO/c1-9(2)6-11(8-13)7-12-5-4-10(3)14-12/h9-12H,4-8,13H2,1-3H3. The summed E-state index contributed by atoms with van der Waals surface area (Å²) in [5.41, 5.74) is 5.78. The molecule has 1 aliphatic heterocycles. The van der Waals surface area contributed by atoms with Crippen molar-refractivity contribution in [2.75, 3.05) is 6.54 Å². The molecule has 0 amide bonds. The number of ether oxygens (including phenoxy) is 1. The number of hydrogen-bond acceptors (Lipinski definition) is 2. The summed E-state index contributed by atoms with van der Waals surface area (Å²) in [5.74, 6) is 1.41. The van der Waals surface area contributed by atoms with Gasteiger partial charge < -0.3 is 10.5 Å². The van der Waals surface area contributed by atoms with Crippen LogP contribution in [-0.4, -0.2) is 18.8 Å². The third kappa shape index (κ3) is 3.97. The molecule has 1 rings (SSSR count). The first kappa shape index (κ1) is 12.0. The van der Waals surface area contributed by atoms with Crippen LogP contribution in [0.2, 0.25) is 0 Å². The van der Waals surface area contributed by atoms with Gasteiger partial charge in [0.1, 0.15) is 0 Å². The Kier molecular flexibility index (Phi) is 4.90. The predicted octanol–water partition coefficient (Wildman–Crippen LogP) is 2.57. The topological polar surface area (TPSA) is 35.2 Å². The average Bonchev–Trinajstić information content (AvgIpc) is 2.49. The van der Waals surface area contributed by atoms with Crippen LogP contribution in [0.15, 0.2) is 0 Å². The molecule has 2 heteroatoms. The summed E-state index contributed by atoms with van der Waals surface area (Å²) in [5, 5.41) is 0. The molecule has 2 nitrogen and oxygen atoms in total. The van der Waals surface area contributed by atoms with Gasteiger partial charge in [0.05, 0.1) is 12.2 Å². The molecular formula is C12H25NO. The number of nitrogens with two attached hydrogens (primary N) is 1. The van der Waals surface area contributed by atoms with Crippen molar-refractivity contribution in [3.63, 3.8) is 0 Å². The summed E-state index contributed by atoms with van der Waals surface area (Å²) in [6.07, 6.45) is 5.82. The van der Waals surface area contributed by atoms with Crippen LogP contribution in [0.3, 0.4) is 0 Å². The van der Waals surface area contributed by atoms with Crippen LogP contribution in [0.5, 0.6) is 0 Å². The third-order valence-electron chi connectivity index (χ3n) is 3.05. The lowest BCUT2D eigenvalue weighted by Crippen LogP contribution is -2.22. The molecule has 0 spiro atoms. The summed E-state index contributed by atoms with van der Waals surface area (Å²) < 4.78 is 5.82. The van der Waals surface area contributed by atoms with Crippen molar-refractivity contribution in [3.05, 3.63) is 0 Å². The van der Waals surface area contributed by atoms with E-state index in [1.165, 1.54) is 25.7 Å². The Labute approximate surface area is 88.2 Å². The summed E-state index contributed by atoms with van der Waals surface area (Å²) in [7, 11) is 0. The highest BCUT2D eigenvalue weighted by Crippen LogP contribution is 2.26. The molecule has 0 aromatic heterocycles. The van der Waals surface area contributed by atoms with E-state index in [1.54, 1.807) is 0 Å². The molecule has 1 aliphatic rings. The molecule has 0 saturated carbocycles. The first-order valence-electron chi connectivity index (χ1n) is 5.97. The van der Waals surface area contributed by atoms with Crippen LogP contribution in [0.25, 0.3) is 0 Å². The van der Waals surface area contributed by atoms with Gasteiger partial charge in [0.15, 0.2) is 0 Å². The zero-order valence-electron chi connectivity index (χ0n) is 9.83. The van der Waals surface area contributed by atoms with E-state index in [-0.39, 0.29) is 0 Å². The second-order valence-electron chi connectivity index (χ2n) is 5.11. The normalized spacial score (nSPS) is 29.8. The summed E-state index contributed by atoms with van der Waals surface area (Å²) in [4.78, 5) is 0. The Morgan fingerprint density at radius 1 is 1.36 bits per heavy atom. The van der Waals surface area contributed by atoms with E-state index in [4.69, 9.17) is 10.5 Å². The van der Waals surface area contributed by atoms with Gasteiger partial charge in [-0.15, -0.1) is 0 Å². The molecule has 14 heavy (non-hydrogen) atoms. The first-order valence-corrected chi connectivity index (χ1v) is 5.97. The number of hydrogen-bond donors (Lipinski definition) is 1. The lowest BCUT2D eigenvalue weighted by molar-refractivity contribution is 0.0396. The molecule has 3 atom stereocenters. The summed E-state index contributed by atoms with van der Waals surface area (Å²) in [6, 6.07) is 0. The molecular weight excluding hydrogens is 174 g/mol. The maximum atomic E-state index is 5.82. The molecule has 3 unspecified atom stereocenters. The number of rotatable bonds is 5. The summed E-state index contributed by atoms with van der Waals surface area (Å²) in [6.45, 7) is 7.51. The SMILES string of the molecule is CC(C)CC(CN)CC1CCC(C)O1. The van der Waals surface area contributed by atoms with Crippen molar-refractivity contribution in [2.24, 2.45) is 17.6 Å². The van der Waals surface area contributed by atoms with E-state index in [2.05, 4.69) is 20.8 Å². The maximum Gasteiger partial charge on any atom is 0.0582 e. The molecule has 0 aromatic rings. The van der Waals surface area contributed by atoms with Crippen molar-refractivity contribution >= 4 is 0 Å². The minimum absolute atomic E-state index is 0.470. The second-order valence-corrected chi connectivity index (χ2v) is 5.11. The van der Waals surface area contributed by atoms with Gasteiger partial charge in [-0.1, -0.05) is 13.8 Å². The Morgan fingerprint density at radius 3 is 2.50 bits per heavy atom. The quantitative estimate of drug-likeness (QED) is 0.738. The van der Waals surface area contributed by atoms with E-state index in [0.717, 1.165) is 12.5 Å². The molecule has 1 saturated heterocycles. The third-order valence-corrected chi connectivity index (χ3v) is 3.05. The molecule has 0 aromatic carbocycles. The van der Waals surface area contributed by atoms with E-state index < -0.39 is 0 Å². The maximum absolute atomic E-state index is 5.82. The van der Waals surface area contributed by atoms with Crippen LogP contribution in [-0.2, 0) is 4.74 Å². The van der Waals surface area contributed by atoms with Gasteiger partial charge in [-0.3, -0.25) is 0 Å². The van der Waals surface area contributed by atoms with Crippen molar-refractivity contribution in [1.29, 1.82) is 0 Å². The molecule has 0 bridgehead atoms. The smallest absolute Gasteiger partial charge is 0.0582 e. The van der Waals surface area contributed by atoms with Gasteiger partial charge >= 0.3 is 0 Å². The van der Waals surface area contributed by atoms with Crippen molar-refractivity contribution in [2.45, 2.75) is 58.7 Å². The van der Waals surface area contributed by atoms with Crippen LogP contribution in [0.4, 0.5) is 0 Å². The highest BCUT2D eigenvalue weighted by atomic mass is 16.5. The average molecular weight is 199 g/mol. The Hall–Kier alpha value is -0.0800. The second kappa shape index (κ2) is 5.72. The van der Waals surface area contributed by atoms with Crippen molar-refractivity contribution in [3.8, 4) is 0 Å². The van der Waals surface area contributed by atoms with Crippen molar-refractivity contribution < 1.29 is 4.74 Å². The van der Waals surface area contributed by atoms with Crippen LogP contribution < -0.4 is 5.73 Å². The van der Waals surface area contributed by atoms with Gasteiger partial charge in [-0.25, -0.2) is 0 Å². The molecule has 2 N–H and O–H groups in total. The molecule has 0 aliphatic carbocycles. The van der Waals surface area contributed by atoms with Gasteiger partial charge in [0.25, 0.3) is 0 Å². The lowest BCUT2D eigenvalue weighted by Gasteiger charge is -2.20. The molecule has 1 fully saturated rings. The van der Waals surface area contributed by atoms with E-state index in [9.17, 15) is 0 Å². The van der Waals surface area contributed by atoms with Gasteiger partial charge in [0.2, 0.25) is 0 Å². The zero-order valence-corrected chi connectivity index (χ0v) is 9.83. The van der Waals surface area contributed by atoms with E-state index >= 15 is 0 Å². The fraction of sp³-hybridized carbons (Fsp3) is 1.00. The minimum Gasteiger partial charge on any atom is -0.375 e. The monoisotopic (exact) mass is 199 g/mol. The Balaban J connectivity index is 2.26. The Morgan fingerprint density at radius 2 is 2.07 bits per heavy atom. The van der Waals surface area contributed by atoms with E-state index in [1.807, 2.05) is 0 Å². The van der Waals surface area contributed by atoms with Crippen molar-refractivity contribution in [1.82, 2.24) is 0 Å². The van der Waals surface area contributed by atoms with Gasteiger partial charge in [-0.05, 0) is 51.0 Å². The highest BCUT2D eigenvalue weighted by molar-refractivity contribution is 4.75. The predicted molar refractivity (Wildman–Crippen MR) is 60.2 cm³/mol. The van der Waals surface area contributed by atoms with Crippen LogP contribution in [0, 0.1) is 11.8 Å². The summed E-state index contributed by atoms with van der Waals surface area (Å²) >= 11 is 0. The van der Waals surface area contributed by atoms with Gasteiger partial charge in [-0.2, -0.15) is 0 Å². The van der Waals surface area contributed by atoms with E-state index in [0.29, 0.717) is 18.1 Å². The lowest BCUT2D eigenvalue weighted by atomic mass is 9.91. The minimum atomic E-state index is 0.470. The Bertz CT molecular complexity index is 158. The largest absolute Gasteiger partial charge is 0.375 e. The molecule has 1 heterocycles. The fourth-order valence-corrected chi connectivity index (χ4v) is 2.39. The van der Waals surface area contributed by atoms with Crippen LogP contribution in [0.1, 0.15) is 46.5 Å². The zero-order chi connectivity index (χ0) is 10.6. The molecule has 0 radical (unpaired) electrons. The first-order chi connectivity index (χ1) is 6.61. The highest BCUT2D eigenvalue weighted by Gasteiger charge is 2.24. The fourth-order valence-electron chi connectivity index (χ4n) is 2.39. The van der Waals surface area contributed by atoms with Crippen LogP contribution >= 0.6 is 0 Å². The molecule has 84 valence electrons.